The molecule has 0 radical (unpaired) electrons. The number of hydrogen-bond donors (Lipinski definition) is 1. The first kappa shape index (κ1) is 20.8. The molecule has 1 heterocycles. The van der Waals surface area contributed by atoms with Gasteiger partial charge in [0.05, 0.1) is 21.7 Å². The lowest BCUT2D eigenvalue weighted by molar-refractivity contribution is -0.115. The van der Waals surface area contributed by atoms with Crippen molar-refractivity contribution in [3.63, 3.8) is 0 Å². The van der Waals surface area contributed by atoms with Crippen molar-refractivity contribution in [2.75, 3.05) is 0 Å². The van der Waals surface area contributed by atoms with E-state index in [9.17, 15) is 4.79 Å². The highest BCUT2D eigenvalue weighted by atomic mass is 35.5. The third-order valence-corrected chi connectivity index (χ3v) is 5.88. The quantitative estimate of drug-likeness (QED) is 0.555. The highest BCUT2D eigenvalue weighted by Gasteiger charge is 2.24. The van der Waals surface area contributed by atoms with Crippen molar-refractivity contribution in [2.24, 2.45) is 4.99 Å². The number of nitrogens with zero attached hydrogens (tertiary/aromatic N) is 1. The van der Waals surface area contributed by atoms with E-state index >= 15 is 0 Å². The standard InChI is InChI=1S/C21H20Cl2N2O2S/c1-4-12(2)27-18-9-8-14(10-16(18)23)11-19-20(26)25-21(28-19)24-17-7-5-6-15(22)13(17)3/h5-12H,4H2,1-3H3,(H,24,25,26)/b19-11+/t12-/m0/s1. The molecule has 0 unspecified atom stereocenters. The third-order valence-electron chi connectivity index (χ3n) is 4.27. The molecule has 0 aliphatic carbocycles. The Morgan fingerprint density at radius 3 is 2.75 bits per heavy atom. The first-order valence-corrected chi connectivity index (χ1v) is 10.5. The Morgan fingerprint density at radius 2 is 2.04 bits per heavy atom. The number of halogens is 2. The molecule has 0 spiro atoms. The minimum atomic E-state index is -0.195. The van der Waals surface area contributed by atoms with E-state index in [0.29, 0.717) is 25.9 Å². The number of rotatable bonds is 5. The number of nitrogens with one attached hydrogen (secondary N) is 1. The van der Waals surface area contributed by atoms with Crippen molar-refractivity contribution in [3.05, 3.63) is 62.5 Å². The van der Waals surface area contributed by atoms with Gasteiger partial charge in [-0.3, -0.25) is 4.79 Å². The molecule has 0 aromatic heterocycles. The Kier molecular flexibility index (Phi) is 6.70. The number of ether oxygens (including phenoxy) is 1. The molecule has 0 bridgehead atoms. The van der Waals surface area contributed by atoms with Crippen molar-refractivity contribution in [2.45, 2.75) is 33.3 Å². The minimum Gasteiger partial charge on any atom is -0.489 e. The van der Waals surface area contributed by atoms with Gasteiger partial charge in [0.25, 0.3) is 5.91 Å². The number of aliphatic imine (C=N–C) groups is 1. The summed E-state index contributed by atoms with van der Waals surface area (Å²) in [5.41, 5.74) is 2.41. The molecule has 146 valence electrons. The Bertz CT molecular complexity index is 973. The van der Waals surface area contributed by atoms with Gasteiger partial charge in [0, 0.05) is 5.02 Å². The molecule has 7 heteroatoms. The van der Waals surface area contributed by atoms with Gasteiger partial charge in [-0.05, 0) is 73.5 Å². The van der Waals surface area contributed by atoms with Gasteiger partial charge in [0.15, 0.2) is 5.17 Å². The maximum absolute atomic E-state index is 12.3. The zero-order valence-electron chi connectivity index (χ0n) is 15.8. The Labute approximate surface area is 179 Å². The van der Waals surface area contributed by atoms with Crippen LogP contribution in [0, 0.1) is 6.92 Å². The molecular formula is C21H20Cl2N2O2S. The van der Waals surface area contributed by atoms with E-state index in [-0.39, 0.29) is 12.0 Å². The molecule has 1 aliphatic heterocycles. The van der Waals surface area contributed by atoms with Crippen molar-refractivity contribution in [1.82, 2.24) is 5.32 Å². The summed E-state index contributed by atoms with van der Waals surface area (Å²) in [6.07, 6.45) is 2.77. The van der Waals surface area contributed by atoms with Gasteiger partial charge in [0.1, 0.15) is 5.75 Å². The van der Waals surface area contributed by atoms with E-state index in [1.807, 2.05) is 44.2 Å². The second-order valence-electron chi connectivity index (χ2n) is 6.39. The SMILES string of the molecule is CC[C@H](C)Oc1ccc(/C=C2/SC(=Nc3cccc(Cl)c3C)NC2=O)cc1Cl. The van der Waals surface area contributed by atoms with Crippen LogP contribution in [-0.4, -0.2) is 17.2 Å². The highest BCUT2D eigenvalue weighted by molar-refractivity contribution is 8.18. The van der Waals surface area contributed by atoms with Crippen LogP contribution < -0.4 is 10.1 Å². The highest BCUT2D eigenvalue weighted by Crippen LogP contribution is 2.33. The van der Waals surface area contributed by atoms with Gasteiger partial charge in [0.2, 0.25) is 0 Å². The van der Waals surface area contributed by atoms with E-state index in [2.05, 4.69) is 17.2 Å². The number of amides is 1. The smallest absolute Gasteiger partial charge is 0.264 e. The average molecular weight is 435 g/mol. The second kappa shape index (κ2) is 9.03. The molecule has 1 fully saturated rings. The first-order chi connectivity index (χ1) is 13.4. The van der Waals surface area contributed by atoms with Crippen molar-refractivity contribution in [1.29, 1.82) is 0 Å². The first-order valence-electron chi connectivity index (χ1n) is 8.88. The third kappa shape index (κ3) is 4.90. The van der Waals surface area contributed by atoms with Crippen molar-refractivity contribution >= 4 is 57.8 Å². The Morgan fingerprint density at radius 1 is 1.25 bits per heavy atom. The summed E-state index contributed by atoms with van der Waals surface area (Å²) in [6, 6.07) is 11.0. The van der Waals surface area contributed by atoms with Crippen LogP contribution >= 0.6 is 35.0 Å². The number of benzene rings is 2. The molecule has 3 rings (SSSR count). The van der Waals surface area contributed by atoms with Crippen LogP contribution in [0.3, 0.4) is 0 Å². The lowest BCUT2D eigenvalue weighted by Crippen LogP contribution is -2.19. The van der Waals surface area contributed by atoms with Crippen LogP contribution in [0.25, 0.3) is 6.08 Å². The number of hydrogen-bond acceptors (Lipinski definition) is 4. The number of carbonyl (C=O) groups is 1. The predicted molar refractivity (Wildman–Crippen MR) is 119 cm³/mol. The molecule has 0 saturated carbocycles. The molecular weight excluding hydrogens is 415 g/mol. The fraction of sp³-hybridized carbons (Fsp3) is 0.238. The van der Waals surface area contributed by atoms with E-state index in [1.54, 1.807) is 12.1 Å². The van der Waals surface area contributed by atoms with Gasteiger partial charge in [-0.25, -0.2) is 4.99 Å². The Hall–Kier alpha value is -1.95. The summed E-state index contributed by atoms with van der Waals surface area (Å²) in [7, 11) is 0. The summed E-state index contributed by atoms with van der Waals surface area (Å²) in [5.74, 6) is 0.444. The molecule has 1 N–H and O–H groups in total. The van der Waals surface area contributed by atoms with E-state index in [1.165, 1.54) is 11.8 Å². The fourth-order valence-corrected chi connectivity index (χ4v) is 3.70. The van der Waals surface area contributed by atoms with E-state index in [4.69, 9.17) is 27.9 Å². The molecule has 1 saturated heterocycles. The van der Waals surface area contributed by atoms with Crippen LogP contribution in [0.1, 0.15) is 31.4 Å². The minimum absolute atomic E-state index is 0.0894. The molecule has 1 amide bonds. The zero-order valence-corrected chi connectivity index (χ0v) is 18.1. The molecule has 4 nitrogen and oxygen atoms in total. The number of amidine groups is 1. The average Bonchev–Trinajstić information content (AvgIpc) is 3.00. The summed E-state index contributed by atoms with van der Waals surface area (Å²) >= 11 is 13.7. The van der Waals surface area contributed by atoms with Crippen LogP contribution in [0.4, 0.5) is 5.69 Å². The van der Waals surface area contributed by atoms with E-state index < -0.39 is 0 Å². The van der Waals surface area contributed by atoms with Gasteiger partial charge in [-0.2, -0.15) is 0 Å². The van der Waals surface area contributed by atoms with Gasteiger partial charge in [-0.15, -0.1) is 0 Å². The molecule has 2 aromatic rings. The number of carbonyl (C=O) groups excluding carboxylic acids is 1. The van der Waals surface area contributed by atoms with Crippen molar-refractivity contribution in [3.8, 4) is 5.75 Å². The van der Waals surface area contributed by atoms with Crippen LogP contribution in [0.2, 0.25) is 10.0 Å². The van der Waals surface area contributed by atoms with Gasteiger partial charge in [-0.1, -0.05) is 42.3 Å². The summed E-state index contributed by atoms with van der Waals surface area (Å²) in [6.45, 7) is 5.94. The lowest BCUT2D eigenvalue weighted by Gasteiger charge is -2.14. The fourth-order valence-electron chi connectivity index (χ4n) is 2.46. The summed E-state index contributed by atoms with van der Waals surface area (Å²) < 4.78 is 5.78. The second-order valence-corrected chi connectivity index (χ2v) is 8.24. The topological polar surface area (TPSA) is 50.7 Å². The molecule has 1 aliphatic rings. The van der Waals surface area contributed by atoms with Crippen LogP contribution in [0.15, 0.2) is 46.3 Å². The maximum atomic E-state index is 12.3. The maximum Gasteiger partial charge on any atom is 0.264 e. The largest absolute Gasteiger partial charge is 0.489 e. The predicted octanol–water partition coefficient (Wildman–Crippen LogP) is 6.37. The number of thioether (sulfide) groups is 1. The zero-order chi connectivity index (χ0) is 20.3. The van der Waals surface area contributed by atoms with Crippen LogP contribution in [0.5, 0.6) is 5.75 Å². The van der Waals surface area contributed by atoms with Crippen LogP contribution in [-0.2, 0) is 4.79 Å². The van der Waals surface area contributed by atoms with Crippen molar-refractivity contribution < 1.29 is 9.53 Å². The molecule has 28 heavy (non-hydrogen) atoms. The lowest BCUT2D eigenvalue weighted by atomic mass is 10.2. The summed E-state index contributed by atoms with van der Waals surface area (Å²) in [4.78, 5) is 17.4. The van der Waals surface area contributed by atoms with E-state index in [0.717, 1.165) is 23.2 Å². The molecule has 2 aromatic carbocycles. The Balaban J connectivity index is 1.80. The van der Waals surface area contributed by atoms with Gasteiger partial charge < -0.3 is 10.1 Å². The normalized spacial score (nSPS) is 17.8. The summed E-state index contributed by atoms with van der Waals surface area (Å²) in [5, 5.41) is 4.46. The monoisotopic (exact) mass is 434 g/mol. The molecule has 1 atom stereocenters. The van der Waals surface area contributed by atoms with Gasteiger partial charge >= 0.3 is 0 Å².